The predicted molar refractivity (Wildman–Crippen MR) is 93.2 cm³/mol. The van der Waals surface area contributed by atoms with Crippen LogP contribution in [-0.4, -0.2) is 51.8 Å². The molecule has 1 aromatic carbocycles. The van der Waals surface area contributed by atoms with E-state index in [4.69, 9.17) is 9.47 Å². The summed E-state index contributed by atoms with van der Waals surface area (Å²) in [7, 11) is 3.31. The van der Waals surface area contributed by atoms with Crippen LogP contribution in [0.1, 0.15) is 18.4 Å². The molecular weight excluding hydrogens is 308 g/mol. The van der Waals surface area contributed by atoms with E-state index in [9.17, 15) is 4.79 Å². The second-order valence-electron chi connectivity index (χ2n) is 5.57. The third kappa shape index (κ3) is 6.08. The molecule has 1 unspecified atom stereocenters. The number of hydrogen-bond acceptors (Lipinski definition) is 4. The van der Waals surface area contributed by atoms with Gasteiger partial charge in [-0.15, -0.1) is 0 Å². The molecule has 0 radical (unpaired) electrons. The maximum absolute atomic E-state index is 11.9. The van der Waals surface area contributed by atoms with Gasteiger partial charge < -0.3 is 25.4 Å². The summed E-state index contributed by atoms with van der Waals surface area (Å²) in [4.78, 5) is 16.0. The van der Waals surface area contributed by atoms with Crippen LogP contribution in [0.3, 0.4) is 0 Å². The predicted octanol–water partition coefficient (Wildman–Crippen LogP) is 0.655. The Morgan fingerprint density at radius 1 is 1.29 bits per heavy atom. The number of benzene rings is 1. The number of hydrogen-bond donors (Lipinski definition) is 3. The van der Waals surface area contributed by atoms with E-state index in [1.165, 1.54) is 0 Å². The van der Waals surface area contributed by atoms with Crippen molar-refractivity contribution in [3.63, 3.8) is 0 Å². The average molecular weight is 334 g/mol. The minimum Gasteiger partial charge on any atom is -0.497 e. The van der Waals surface area contributed by atoms with Crippen LogP contribution in [0.2, 0.25) is 0 Å². The van der Waals surface area contributed by atoms with Crippen LogP contribution < -0.4 is 20.7 Å². The molecule has 24 heavy (non-hydrogen) atoms. The minimum atomic E-state index is -0.0918. The molecule has 1 fully saturated rings. The zero-order valence-corrected chi connectivity index (χ0v) is 14.3. The Hall–Kier alpha value is -2.28. The first-order chi connectivity index (χ1) is 11.7. The van der Waals surface area contributed by atoms with Crippen LogP contribution in [0.5, 0.6) is 5.75 Å². The molecule has 1 saturated heterocycles. The largest absolute Gasteiger partial charge is 0.497 e. The number of rotatable bonds is 7. The molecule has 1 aliphatic rings. The first kappa shape index (κ1) is 18.1. The lowest BCUT2D eigenvalue weighted by atomic mass is 10.2. The molecule has 0 spiro atoms. The van der Waals surface area contributed by atoms with E-state index in [0.29, 0.717) is 19.0 Å². The van der Waals surface area contributed by atoms with Crippen LogP contribution in [0.4, 0.5) is 0 Å². The van der Waals surface area contributed by atoms with Gasteiger partial charge in [-0.1, -0.05) is 12.1 Å². The molecule has 7 heteroatoms. The fraction of sp³-hybridized carbons (Fsp3) is 0.529. The van der Waals surface area contributed by atoms with E-state index in [1.54, 1.807) is 14.2 Å². The Kier molecular flexibility index (Phi) is 7.35. The number of carbonyl (C=O) groups excluding carboxylic acids is 1. The highest BCUT2D eigenvalue weighted by atomic mass is 16.5. The van der Waals surface area contributed by atoms with Gasteiger partial charge >= 0.3 is 0 Å². The summed E-state index contributed by atoms with van der Waals surface area (Å²) in [5.41, 5.74) is 1.02. The number of nitrogens with zero attached hydrogens (tertiary/aromatic N) is 1. The van der Waals surface area contributed by atoms with Crippen molar-refractivity contribution in [3.05, 3.63) is 29.8 Å². The lowest BCUT2D eigenvalue weighted by molar-refractivity contribution is -0.120. The topological polar surface area (TPSA) is 84.0 Å². The first-order valence-corrected chi connectivity index (χ1v) is 8.17. The smallest absolute Gasteiger partial charge is 0.239 e. The number of guanidine groups is 1. The molecule has 0 saturated carbocycles. The van der Waals surface area contributed by atoms with Gasteiger partial charge in [-0.25, -0.2) is 0 Å². The van der Waals surface area contributed by atoms with Gasteiger partial charge in [-0.3, -0.25) is 9.79 Å². The monoisotopic (exact) mass is 334 g/mol. The fourth-order valence-corrected chi connectivity index (χ4v) is 2.41. The number of nitrogens with one attached hydrogen (secondary N) is 3. The van der Waals surface area contributed by atoms with Gasteiger partial charge in [-0.2, -0.15) is 0 Å². The average Bonchev–Trinajstić information content (AvgIpc) is 3.14. The Labute approximate surface area is 142 Å². The summed E-state index contributed by atoms with van der Waals surface area (Å²) in [5.74, 6) is 1.31. The maximum Gasteiger partial charge on any atom is 0.239 e. The third-order valence-corrected chi connectivity index (χ3v) is 3.81. The van der Waals surface area contributed by atoms with Crippen molar-refractivity contribution >= 4 is 11.9 Å². The molecule has 0 aliphatic carbocycles. The minimum absolute atomic E-state index is 0.0918. The molecule has 1 aliphatic heterocycles. The standard InChI is InChI=1S/C17H26N4O3/c1-18-17(20-11-15-4-3-9-24-15)21-12-16(22)19-10-13-5-7-14(23-2)8-6-13/h5-8,15H,3-4,9-12H2,1-2H3,(H,19,22)(H2,18,20,21). The second kappa shape index (κ2) is 9.77. The molecule has 1 heterocycles. The number of amides is 1. The molecule has 0 bridgehead atoms. The van der Waals surface area contributed by atoms with Gasteiger partial charge in [0, 0.05) is 26.7 Å². The Morgan fingerprint density at radius 3 is 2.71 bits per heavy atom. The molecule has 3 N–H and O–H groups in total. The van der Waals surface area contributed by atoms with Gasteiger partial charge in [0.05, 0.1) is 19.8 Å². The Bertz CT molecular complexity index is 539. The highest BCUT2D eigenvalue weighted by molar-refractivity contribution is 5.86. The molecule has 2 rings (SSSR count). The maximum atomic E-state index is 11.9. The SMILES string of the molecule is CN=C(NCC(=O)NCc1ccc(OC)cc1)NCC1CCCO1. The van der Waals surface area contributed by atoms with E-state index in [1.807, 2.05) is 24.3 Å². The van der Waals surface area contributed by atoms with E-state index >= 15 is 0 Å². The van der Waals surface area contributed by atoms with Crippen LogP contribution in [-0.2, 0) is 16.1 Å². The third-order valence-electron chi connectivity index (χ3n) is 3.81. The number of ether oxygens (including phenoxy) is 2. The van der Waals surface area contributed by atoms with E-state index in [2.05, 4.69) is 20.9 Å². The van der Waals surface area contributed by atoms with E-state index < -0.39 is 0 Å². The van der Waals surface area contributed by atoms with Gasteiger partial charge in [0.2, 0.25) is 5.91 Å². The quantitative estimate of drug-likeness (QED) is 0.504. The van der Waals surface area contributed by atoms with Crippen molar-refractivity contribution in [2.45, 2.75) is 25.5 Å². The van der Waals surface area contributed by atoms with Crippen molar-refractivity contribution in [2.24, 2.45) is 4.99 Å². The molecule has 1 aromatic rings. The summed E-state index contributed by atoms with van der Waals surface area (Å²) in [6.45, 7) is 2.17. The highest BCUT2D eigenvalue weighted by Gasteiger charge is 2.15. The van der Waals surface area contributed by atoms with E-state index in [0.717, 1.165) is 30.8 Å². The lowest BCUT2D eigenvalue weighted by Gasteiger charge is -2.15. The fourth-order valence-electron chi connectivity index (χ4n) is 2.41. The summed E-state index contributed by atoms with van der Waals surface area (Å²) in [6, 6.07) is 7.59. The van der Waals surface area contributed by atoms with Gasteiger partial charge in [0.1, 0.15) is 5.75 Å². The van der Waals surface area contributed by atoms with Gasteiger partial charge in [0.15, 0.2) is 5.96 Å². The number of carbonyl (C=O) groups is 1. The molecule has 1 amide bonds. The van der Waals surface area contributed by atoms with Crippen molar-refractivity contribution in [1.82, 2.24) is 16.0 Å². The second-order valence-corrected chi connectivity index (χ2v) is 5.57. The molecule has 0 aromatic heterocycles. The zero-order valence-electron chi connectivity index (χ0n) is 14.3. The number of aliphatic imine (C=N–C) groups is 1. The van der Waals surface area contributed by atoms with Crippen LogP contribution in [0.15, 0.2) is 29.3 Å². The van der Waals surface area contributed by atoms with Crippen molar-refractivity contribution in [2.75, 3.05) is 33.9 Å². The van der Waals surface area contributed by atoms with Gasteiger partial charge in [0.25, 0.3) is 0 Å². The van der Waals surface area contributed by atoms with Crippen LogP contribution in [0.25, 0.3) is 0 Å². The van der Waals surface area contributed by atoms with Crippen LogP contribution in [0, 0.1) is 0 Å². The highest BCUT2D eigenvalue weighted by Crippen LogP contribution is 2.11. The summed E-state index contributed by atoms with van der Waals surface area (Å²) < 4.78 is 10.6. The van der Waals surface area contributed by atoms with Crippen molar-refractivity contribution < 1.29 is 14.3 Å². The molecule has 1 atom stereocenters. The van der Waals surface area contributed by atoms with Crippen molar-refractivity contribution in [3.8, 4) is 5.75 Å². The number of methoxy groups -OCH3 is 1. The summed E-state index contributed by atoms with van der Waals surface area (Å²) >= 11 is 0. The van der Waals surface area contributed by atoms with Crippen molar-refractivity contribution in [1.29, 1.82) is 0 Å². The Morgan fingerprint density at radius 2 is 2.08 bits per heavy atom. The normalized spacial score (nSPS) is 17.4. The molecular formula is C17H26N4O3. The van der Waals surface area contributed by atoms with E-state index in [-0.39, 0.29) is 18.6 Å². The zero-order chi connectivity index (χ0) is 17.2. The first-order valence-electron chi connectivity index (χ1n) is 8.17. The summed E-state index contributed by atoms with van der Waals surface area (Å²) in [5, 5.41) is 9.04. The molecule has 7 nitrogen and oxygen atoms in total. The molecule has 132 valence electrons. The van der Waals surface area contributed by atoms with Crippen LogP contribution >= 0.6 is 0 Å². The lowest BCUT2D eigenvalue weighted by Crippen LogP contribution is -2.45. The van der Waals surface area contributed by atoms with Gasteiger partial charge in [-0.05, 0) is 30.5 Å². The Balaban J connectivity index is 1.65. The summed E-state index contributed by atoms with van der Waals surface area (Å²) in [6.07, 6.45) is 2.39.